The Kier molecular flexibility index (Phi) is 4.10. The third-order valence-electron chi connectivity index (χ3n) is 3.03. The predicted octanol–water partition coefficient (Wildman–Crippen LogP) is 3.27. The minimum Gasteiger partial charge on any atom is -0.461 e. The van der Waals surface area contributed by atoms with Crippen molar-refractivity contribution in [1.29, 1.82) is 0 Å². The Morgan fingerprint density at radius 3 is 3.05 bits per heavy atom. The van der Waals surface area contributed by atoms with E-state index in [4.69, 9.17) is 8.94 Å². The first-order valence-corrected chi connectivity index (χ1v) is 7.62. The van der Waals surface area contributed by atoms with Crippen molar-refractivity contribution in [2.24, 2.45) is 0 Å². The Labute approximate surface area is 131 Å². The van der Waals surface area contributed by atoms with Crippen LogP contribution in [0.15, 0.2) is 45.1 Å². The van der Waals surface area contributed by atoms with Crippen LogP contribution in [-0.4, -0.2) is 24.9 Å². The average Bonchev–Trinajstić information content (AvgIpc) is 3.22. The summed E-state index contributed by atoms with van der Waals surface area (Å²) >= 11 is 1.51. The van der Waals surface area contributed by atoms with E-state index >= 15 is 0 Å². The zero-order valence-corrected chi connectivity index (χ0v) is 13.1. The van der Waals surface area contributed by atoms with Gasteiger partial charge in [-0.3, -0.25) is 0 Å². The van der Waals surface area contributed by atoms with E-state index in [-0.39, 0.29) is 5.25 Å². The number of aromatic nitrogens is 5. The van der Waals surface area contributed by atoms with Crippen LogP contribution in [0.3, 0.4) is 0 Å². The van der Waals surface area contributed by atoms with Gasteiger partial charge in [0, 0.05) is 6.54 Å². The first kappa shape index (κ1) is 14.6. The van der Waals surface area contributed by atoms with Crippen molar-refractivity contribution in [2.45, 2.75) is 30.8 Å². The van der Waals surface area contributed by atoms with Crippen molar-refractivity contribution in [1.82, 2.24) is 24.9 Å². The molecule has 0 aliphatic rings. The lowest BCUT2D eigenvalue weighted by Crippen LogP contribution is -2.01. The molecule has 3 rings (SSSR count). The van der Waals surface area contributed by atoms with E-state index in [1.165, 1.54) is 11.8 Å². The van der Waals surface area contributed by atoms with E-state index in [1.807, 2.05) is 24.5 Å². The van der Waals surface area contributed by atoms with Gasteiger partial charge in [-0.05, 0) is 26.0 Å². The van der Waals surface area contributed by atoms with E-state index in [1.54, 1.807) is 18.4 Å². The summed E-state index contributed by atoms with van der Waals surface area (Å²) in [6.07, 6.45) is 3.39. The summed E-state index contributed by atoms with van der Waals surface area (Å²) in [6, 6.07) is 3.57. The standard InChI is InChI=1S/C14H15N5O2S/c1-4-7-19-10(3)16-17-14(19)22-9(2)13-15-12(18-21-13)11-6-5-8-20-11/h4-6,8-9H,1,7H2,2-3H3. The molecule has 0 radical (unpaired) electrons. The van der Waals surface area contributed by atoms with Crippen LogP contribution in [0.2, 0.25) is 0 Å². The van der Waals surface area contributed by atoms with Gasteiger partial charge < -0.3 is 13.5 Å². The van der Waals surface area contributed by atoms with Crippen LogP contribution in [0.1, 0.15) is 23.9 Å². The summed E-state index contributed by atoms with van der Waals surface area (Å²) in [4.78, 5) is 4.36. The van der Waals surface area contributed by atoms with Crippen LogP contribution in [-0.2, 0) is 6.54 Å². The fourth-order valence-electron chi connectivity index (χ4n) is 1.90. The van der Waals surface area contributed by atoms with Crippen LogP contribution >= 0.6 is 11.8 Å². The highest BCUT2D eigenvalue weighted by molar-refractivity contribution is 7.99. The van der Waals surface area contributed by atoms with Crippen molar-refractivity contribution in [3.05, 3.63) is 42.8 Å². The van der Waals surface area contributed by atoms with Crippen LogP contribution < -0.4 is 0 Å². The molecule has 114 valence electrons. The van der Waals surface area contributed by atoms with Crippen molar-refractivity contribution in [3.63, 3.8) is 0 Å². The second kappa shape index (κ2) is 6.18. The molecule has 0 aliphatic heterocycles. The fraction of sp³-hybridized carbons (Fsp3) is 0.286. The third-order valence-corrected chi connectivity index (χ3v) is 4.09. The molecule has 1 unspecified atom stereocenters. The fourth-order valence-corrected chi connectivity index (χ4v) is 2.84. The van der Waals surface area contributed by atoms with Gasteiger partial charge >= 0.3 is 0 Å². The van der Waals surface area contributed by atoms with Gasteiger partial charge in [0.05, 0.1) is 11.5 Å². The van der Waals surface area contributed by atoms with Crippen molar-refractivity contribution in [2.75, 3.05) is 0 Å². The Hall–Kier alpha value is -2.35. The highest BCUT2D eigenvalue weighted by Crippen LogP contribution is 2.33. The van der Waals surface area contributed by atoms with Gasteiger partial charge in [0.1, 0.15) is 5.82 Å². The summed E-state index contributed by atoms with van der Waals surface area (Å²) in [5.41, 5.74) is 0. The van der Waals surface area contributed by atoms with Crippen LogP contribution in [0.5, 0.6) is 0 Å². The topological polar surface area (TPSA) is 82.8 Å². The normalized spacial score (nSPS) is 12.5. The molecule has 0 amide bonds. The highest BCUT2D eigenvalue weighted by atomic mass is 32.2. The van der Waals surface area contributed by atoms with Crippen molar-refractivity contribution < 1.29 is 8.94 Å². The van der Waals surface area contributed by atoms with Crippen LogP contribution in [0.25, 0.3) is 11.6 Å². The zero-order valence-electron chi connectivity index (χ0n) is 12.3. The molecular weight excluding hydrogens is 302 g/mol. The van der Waals surface area contributed by atoms with E-state index in [9.17, 15) is 0 Å². The number of aryl methyl sites for hydroxylation is 1. The number of furan rings is 1. The smallest absolute Gasteiger partial charge is 0.240 e. The molecule has 1 atom stereocenters. The van der Waals surface area contributed by atoms with Gasteiger partial charge in [-0.1, -0.05) is 23.0 Å². The maximum Gasteiger partial charge on any atom is 0.240 e. The maximum atomic E-state index is 5.31. The average molecular weight is 317 g/mol. The van der Waals surface area contributed by atoms with Crippen molar-refractivity contribution in [3.8, 4) is 11.6 Å². The van der Waals surface area contributed by atoms with Gasteiger partial charge in [-0.15, -0.1) is 16.8 Å². The number of thioether (sulfide) groups is 1. The molecular formula is C14H15N5O2S. The molecule has 3 aromatic heterocycles. The minimum atomic E-state index is -0.0524. The molecule has 0 aromatic carbocycles. The first-order valence-electron chi connectivity index (χ1n) is 6.74. The Morgan fingerprint density at radius 1 is 1.45 bits per heavy atom. The summed E-state index contributed by atoms with van der Waals surface area (Å²) in [5, 5.41) is 12.9. The van der Waals surface area contributed by atoms with E-state index in [2.05, 4.69) is 26.9 Å². The summed E-state index contributed by atoms with van der Waals surface area (Å²) < 4.78 is 12.5. The predicted molar refractivity (Wildman–Crippen MR) is 81.2 cm³/mol. The second-order valence-electron chi connectivity index (χ2n) is 4.62. The van der Waals surface area contributed by atoms with E-state index < -0.39 is 0 Å². The monoisotopic (exact) mass is 317 g/mol. The zero-order chi connectivity index (χ0) is 15.5. The molecule has 0 saturated heterocycles. The molecule has 22 heavy (non-hydrogen) atoms. The van der Waals surface area contributed by atoms with Gasteiger partial charge in [0.25, 0.3) is 0 Å². The molecule has 3 heterocycles. The lowest BCUT2D eigenvalue weighted by molar-refractivity contribution is 0.379. The quantitative estimate of drug-likeness (QED) is 0.509. The van der Waals surface area contributed by atoms with Gasteiger partial charge in [-0.25, -0.2) is 0 Å². The molecule has 0 spiro atoms. The minimum absolute atomic E-state index is 0.0524. The lowest BCUT2D eigenvalue weighted by atomic mass is 10.4. The molecule has 0 fully saturated rings. The van der Waals surface area contributed by atoms with Gasteiger partial charge in [0.2, 0.25) is 11.7 Å². The van der Waals surface area contributed by atoms with E-state index in [0.717, 1.165) is 11.0 Å². The second-order valence-corrected chi connectivity index (χ2v) is 5.93. The molecule has 7 nitrogen and oxygen atoms in total. The number of rotatable bonds is 6. The molecule has 0 aliphatic carbocycles. The summed E-state index contributed by atoms with van der Waals surface area (Å²) in [6.45, 7) is 8.30. The Morgan fingerprint density at radius 2 is 2.32 bits per heavy atom. The Balaban J connectivity index is 1.77. The highest BCUT2D eigenvalue weighted by Gasteiger charge is 2.20. The number of hydrogen-bond donors (Lipinski definition) is 0. The Bertz CT molecular complexity index is 762. The van der Waals surface area contributed by atoms with Crippen LogP contribution in [0.4, 0.5) is 0 Å². The van der Waals surface area contributed by atoms with E-state index in [0.29, 0.717) is 24.0 Å². The lowest BCUT2D eigenvalue weighted by Gasteiger charge is -2.07. The molecule has 0 saturated carbocycles. The molecule has 0 bridgehead atoms. The van der Waals surface area contributed by atoms with Crippen LogP contribution in [0, 0.1) is 6.92 Å². The largest absolute Gasteiger partial charge is 0.461 e. The maximum absolute atomic E-state index is 5.31. The van der Waals surface area contributed by atoms with Gasteiger partial charge in [-0.2, -0.15) is 4.98 Å². The van der Waals surface area contributed by atoms with Crippen molar-refractivity contribution >= 4 is 11.8 Å². The first-order chi connectivity index (χ1) is 10.7. The summed E-state index contributed by atoms with van der Waals surface area (Å²) in [5.74, 6) is 2.38. The summed E-state index contributed by atoms with van der Waals surface area (Å²) in [7, 11) is 0. The van der Waals surface area contributed by atoms with Gasteiger partial charge in [0.15, 0.2) is 10.9 Å². The third kappa shape index (κ3) is 2.82. The molecule has 3 aromatic rings. The number of allylic oxidation sites excluding steroid dienone is 1. The number of nitrogens with zero attached hydrogens (tertiary/aromatic N) is 5. The SMILES string of the molecule is C=CCn1c(C)nnc1SC(C)c1nc(-c2ccco2)no1. The molecule has 8 heteroatoms. The number of hydrogen-bond acceptors (Lipinski definition) is 7. The molecule has 0 N–H and O–H groups in total.